The van der Waals surface area contributed by atoms with Gasteiger partial charge in [0.2, 0.25) is 0 Å². The van der Waals surface area contributed by atoms with Gasteiger partial charge in [0, 0.05) is 0 Å². The highest BCUT2D eigenvalue weighted by molar-refractivity contribution is 6.30. The van der Waals surface area contributed by atoms with Gasteiger partial charge in [-0.15, -0.1) is 21.7 Å². The molecule has 0 aromatic carbocycles. The van der Waals surface area contributed by atoms with Gasteiger partial charge < -0.3 is 4.84 Å². The highest BCUT2D eigenvalue weighted by atomic mass is 35.5. The molecule has 5 nitrogen and oxygen atoms in total. The number of rotatable bonds is 4. The van der Waals surface area contributed by atoms with E-state index in [4.69, 9.17) is 11.6 Å². The molecule has 0 N–H and O–H groups in total. The van der Waals surface area contributed by atoms with Crippen molar-refractivity contribution in [1.82, 2.24) is 0 Å². The SMILES string of the molecule is CC(=O)C(Cl)CO[N+](=O)[O-]. The van der Waals surface area contributed by atoms with Crippen LogP contribution in [0.5, 0.6) is 0 Å². The maximum absolute atomic E-state index is 10.3. The van der Waals surface area contributed by atoms with E-state index in [1.54, 1.807) is 0 Å². The standard InChI is InChI=1S/C4H6ClNO4/c1-3(7)4(5)2-10-6(8)9/h4H,2H2,1H3. The molecule has 0 aliphatic rings. The molecule has 0 aromatic rings. The lowest BCUT2D eigenvalue weighted by Gasteiger charge is -2.01. The Morgan fingerprint density at radius 3 is 2.70 bits per heavy atom. The quantitative estimate of drug-likeness (QED) is 0.345. The molecule has 0 saturated carbocycles. The van der Waals surface area contributed by atoms with Gasteiger partial charge >= 0.3 is 0 Å². The van der Waals surface area contributed by atoms with E-state index in [0.717, 1.165) is 0 Å². The van der Waals surface area contributed by atoms with E-state index < -0.39 is 10.5 Å². The molecule has 0 amide bonds. The minimum absolute atomic E-state index is 0.344. The third kappa shape index (κ3) is 4.08. The Balaban J connectivity index is 3.49. The molecule has 0 spiro atoms. The zero-order valence-electron chi connectivity index (χ0n) is 5.24. The second kappa shape index (κ2) is 4.05. The van der Waals surface area contributed by atoms with Crippen molar-refractivity contribution in [3.8, 4) is 0 Å². The molecule has 0 aromatic heterocycles. The first-order chi connectivity index (χ1) is 4.54. The maximum atomic E-state index is 10.3. The average molecular weight is 168 g/mol. The molecule has 0 aliphatic carbocycles. The maximum Gasteiger partial charge on any atom is 0.294 e. The molecule has 0 heterocycles. The second-order valence-corrected chi connectivity index (χ2v) is 2.12. The zero-order chi connectivity index (χ0) is 8.15. The number of carbonyl (C=O) groups excluding carboxylic acids is 1. The van der Waals surface area contributed by atoms with Crippen LogP contribution < -0.4 is 0 Å². The molecule has 1 unspecified atom stereocenters. The normalized spacial score (nSPS) is 12.2. The van der Waals surface area contributed by atoms with Crippen LogP contribution in [0, 0.1) is 10.1 Å². The molecule has 0 saturated heterocycles. The second-order valence-electron chi connectivity index (χ2n) is 1.60. The molecule has 0 aliphatic heterocycles. The van der Waals surface area contributed by atoms with Crippen molar-refractivity contribution in [3.63, 3.8) is 0 Å². The number of halogens is 1. The predicted octanol–water partition coefficient (Wildman–Crippen LogP) is 0.391. The molecule has 10 heavy (non-hydrogen) atoms. The van der Waals surface area contributed by atoms with Crippen LogP contribution in [0.1, 0.15) is 6.92 Å². The van der Waals surface area contributed by atoms with E-state index >= 15 is 0 Å². The van der Waals surface area contributed by atoms with Gasteiger partial charge in [-0.1, -0.05) is 0 Å². The Morgan fingerprint density at radius 2 is 2.40 bits per heavy atom. The minimum atomic E-state index is -0.988. The number of hydrogen-bond donors (Lipinski definition) is 0. The lowest BCUT2D eigenvalue weighted by Crippen LogP contribution is -2.19. The largest absolute Gasteiger partial charge is 0.312 e. The van der Waals surface area contributed by atoms with Gasteiger partial charge in [-0.25, -0.2) is 0 Å². The van der Waals surface area contributed by atoms with Crippen LogP contribution in [0.15, 0.2) is 0 Å². The van der Waals surface area contributed by atoms with Crippen molar-refractivity contribution in [1.29, 1.82) is 0 Å². The van der Waals surface area contributed by atoms with Crippen LogP contribution in [0.2, 0.25) is 0 Å². The first-order valence-electron chi connectivity index (χ1n) is 2.46. The molecule has 6 heteroatoms. The van der Waals surface area contributed by atoms with E-state index in [-0.39, 0.29) is 12.4 Å². The molecule has 0 radical (unpaired) electrons. The Labute approximate surface area is 62.0 Å². The summed E-state index contributed by atoms with van der Waals surface area (Å²) in [6.07, 6.45) is 0. The molecular formula is C4H6ClNO4. The summed E-state index contributed by atoms with van der Waals surface area (Å²) < 4.78 is 0. The fourth-order valence-electron chi connectivity index (χ4n) is 0.244. The molecule has 0 fully saturated rings. The Kier molecular flexibility index (Phi) is 3.71. The third-order valence-corrected chi connectivity index (χ3v) is 1.20. The number of Topliss-reactive ketones (excluding diaryl/α,β-unsaturated/α-hetero) is 1. The summed E-state index contributed by atoms with van der Waals surface area (Å²) in [4.78, 5) is 23.7. The molecule has 1 atom stereocenters. The number of alkyl halides is 1. The van der Waals surface area contributed by atoms with Crippen LogP contribution in [-0.2, 0) is 9.63 Å². The average Bonchev–Trinajstić information content (AvgIpc) is 1.82. The van der Waals surface area contributed by atoms with Crippen LogP contribution >= 0.6 is 11.6 Å². The van der Waals surface area contributed by atoms with Crippen molar-refractivity contribution < 1.29 is 14.7 Å². The molecular weight excluding hydrogens is 161 g/mol. The van der Waals surface area contributed by atoms with Gasteiger partial charge in [0.15, 0.2) is 0 Å². The lowest BCUT2D eigenvalue weighted by atomic mass is 10.3. The van der Waals surface area contributed by atoms with Crippen LogP contribution in [-0.4, -0.2) is 22.9 Å². The smallest absolute Gasteiger partial charge is 0.294 e. The first kappa shape index (κ1) is 9.16. The Morgan fingerprint density at radius 1 is 1.90 bits per heavy atom. The summed E-state index contributed by atoms with van der Waals surface area (Å²) >= 11 is 5.28. The van der Waals surface area contributed by atoms with Gasteiger partial charge in [-0.2, -0.15) is 0 Å². The number of carbonyl (C=O) groups is 1. The third-order valence-electron chi connectivity index (χ3n) is 0.767. The van der Waals surface area contributed by atoms with E-state index in [1.165, 1.54) is 6.92 Å². The minimum Gasteiger partial charge on any atom is -0.312 e. The van der Waals surface area contributed by atoms with Crippen molar-refractivity contribution in [2.45, 2.75) is 12.3 Å². The van der Waals surface area contributed by atoms with Gasteiger partial charge in [0.05, 0.1) is 0 Å². The lowest BCUT2D eigenvalue weighted by molar-refractivity contribution is -0.757. The predicted molar refractivity (Wildman–Crippen MR) is 33.3 cm³/mol. The van der Waals surface area contributed by atoms with Crippen molar-refractivity contribution in [3.05, 3.63) is 10.1 Å². The van der Waals surface area contributed by atoms with Gasteiger partial charge in [-0.3, -0.25) is 4.79 Å². The summed E-state index contributed by atoms with van der Waals surface area (Å²) in [6, 6.07) is 0. The van der Waals surface area contributed by atoms with Crippen LogP contribution in [0.3, 0.4) is 0 Å². The first-order valence-corrected chi connectivity index (χ1v) is 2.89. The summed E-state index contributed by atoms with van der Waals surface area (Å²) in [5.74, 6) is -0.344. The summed E-state index contributed by atoms with van der Waals surface area (Å²) in [6.45, 7) is 0.852. The van der Waals surface area contributed by atoms with Crippen molar-refractivity contribution >= 4 is 17.4 Å². The highest BCUT2D eigenvalue weighted by Crippen LogP contribution is 1.97. The Hall–Kier alpha value is -0.840. The topological polar surface area (TPSA) is 69.4 Å². The number of nitrogens with zero attached hydrogens (tertiary/aromatic N) is 1. The van der Waals surface area contributed by atoms with Crippen LogP contribution in [0.4, 0.5) is 0 Å². The summed E-state index contributed by atoms with van der Waals surface area (Å²) in [5.41, 5.74) is 0. The van der Waals surface area contributed by atoms with E-state index in [1.807, 2.05) is 0 Å². The Bertz CT molecular complexity index is 148. The van der Waals surface area contributed by atoms with Crippen molar-refractivity contribution in [2.75, 3.05) is 6.61 Å². The van der Waals surface area contributed by atoms with E-state index in [0.29, 0.717) is 0 Å². The van der Waals surface area contributed by atoms with E-state index in [2.05, 4.69) is 4.84 Å². The summed E-state index contributed by atoms with van der Waals surface area (Å²) in [7, 11) is 0. The number of ketones is 1. The molecule has 0 rings (SSSR count). The van der Waals surface area contributed by atoms with Crippen LogP contribution in [0.25, 0.3) is 0 Å². The monoisotopic (exact) mass is 167 g/mol. The van der Waals surface area contributed by atoms with Gasteiger partial charge in [-0.05, 0) is 6.92 Å². The zero-order valence-corrected chi connectivity index (χ0v) is 6.00. The number of hydrogen-bond acceptors (Lipinski definition) is 4. The molecule has 58 valence electrons. The molecule has 0 bridgehead atoms. The van der Waals surface area contributed by atoms with Gasteiger partial charge in [0.25, 0.3) is 5.09 Å². The van der Waals surface area contributed by atoms with E-state index in [9.17, 15) is 14.9 Å². The van der Waals surface area contributed by atoms with Crippen molar-refractivity contribution in [2.24, 2.45) is 0 Å². The fourth-order valence-corrected chi connectivity index (χ4v) is 0.300. The summed E-state index contributed by atoms with van der Waals surface area (Å²) in [5, 5.41) is 7.63. The highest BCUT2D eigenvalue weighted by Gasteiger charge is 2.11. The fraction of sp³-hybridized carbons (Fsp3) is 0.750. The van der Waals surface area contributed by atoms with Gasteiger partial charge in [0.1, 0.15) is 17.8 Å².